The lowest BCUT2D eigenvalue weighted by Gasteiger charge is -2.18. The Hall–Kier alpha value is -1.02. The third-order valence-corrected chi connectivity index (χ3v) is 3.17. The van der Waals surface area contributed by atoms with Gasteiger partial charge in [0, 0.05) is 12.6 Å². The lowest BCUT2D eigenvalue weighted by molar-refractivity contribution is 0.295. The second kappa shape index (κ2) is 6.65. The summed E-state index contributed by atoms with van der Waals surface area (Å²) in [6.07, 6.45) is 0. The third-order valence-electron chi connectivity index (χ3n) is 3.17. The highest BCUT2D eigenvalue weighted by molar-refractivity contribution is 5.35. The van der Waals surface area contributed by atoms with Gasteiger partial charge in [0.05, 0.1) is 0 Å². The Bertz CT molecular complexity index is 347. The van der Waals surface area contributed by atoms with Crippen LogP contribution >= 0.6 is 0 Å². The molecule has 0 bridgehead atoms. The summed E-state index contributed by atoms with van der Waals surface area (Å²) >= 11 is 0. The van der Waals surface area contributed by atoms with Gasteiger partial charge in [0.2, 0.25) is 0 Å². The fourth-order valence-corrected chi connectivity index (χ4v) is 1.55. The SMILES string of the molecule is Cc1ccc(C)c(OCCNC(C)C(C)C)c1. The van der Waals surface area contributed by atoms with E-state index in [9.17, 15) is 0 Å². The minimum absolute atomic E-state index is 0.539. The molecular formula is C15H25NO. The molecule has 0 aliphatic carbocycles. The predicted molar refractivity (Wildman–Crippen MR) is 73.7 cm³/mol. The van der Waals surface area contributed by atoms with Gasteiger partial charge in [0.25, 0.3) is 0 Å². The molecule has 1 unspecified atom stereocenters. The topological polar surface area (TPSA) is 21.3 Å². The molecule has 17 heavy (non-hydrogen) atoms. The monoisotopic (exact) mass is 235 g/mol. The summed E-state index contributed by atoms with van der Waals surface area (Å²) in [6, 6.07) is 6.86. The molecule has 0 radical (unpaired) electrons. The van der Waals surface area contributed by atoms with Crippen LogP contribution in [0.2, 0.25) is 0 Å². The molecule has 1 aromatic carbocycles. The van der Waals surface area contributed by atoms with Crippen LogP contribution in [0.15, 0.2) is 18.2 Å². The van der Waals surface area contributed by atoms with Crippen LogP contribution in [0.4, 0.5) is 0 Å². The summed E-state index contributed by atoms with van der Waals surface area (Å²) in [5, 5.41) is 3.46. The van der Waals surface area contributed by atoms with Crippen molar-refractivity contribution >= 4 is 0 Å². The first-order chi connectivity index (χ1) is 8.00. The molecule has 0 heterocycles. The van der Waals surface area contributed by atoms with Crippen LogP contribution in [0.1, 0.15) is 31.9 Å². The zero-order chi connectivity index (χ0) is 12.8. The predicted octanol–water partition coefficient (Wildman–Crippen LogP) is 3.32. The van der Waals surface area contributed by atoms with Crippen LogP contribution in [0.3, 0.4) is 0 Å². The number of ether oxygens (including phenoxy) is 1. The second-order valence-corrected chi connectivity index (χ2v) is 5.10. The van der Waals surface area contributed by atoms with Crippen molar-refractivity contribution in [1.82, 2.24) is 5.32 Å². The van der Waals surface area contributed by atoms with Crippen LogP contribution in [-0.2, 0) is 0 Å². The van der Waals surface area contributed by atoms with Crippen molar-refractivity contribution < 1.29 is 4.74 Å². The molecule has 0 saturated heterocycles. The van der Waals surface area contributed by atoms with Gasteiger partial charge >= 0.3 is 0 Å². The van der Waals surface area contributed by atoms with Crippen LogP contribution in [0.5, 0.6) is 5.75 Å². The largest absolute Gasteiger partial charge is 0.492 e. The van der Waals surface area contributed by atoms with E-state index in [-0.39, 0.29) is 0 Å². The van der Waals surface area contributed by atoms with Crippen LogP contribution in [0.25, 0.3) is 0 Å². The Labute approximate surface area is 105 Å². The molecule has 2 heteroatoms. The first-order valence-electron chi connectivity index (χ1n) is 6.44. The van der Waals surface area contributed by atoms with E-state index < -0.39 is 0 Å². The molecule has 0 saturated carbocycles. The number of aryl methyl sites for hydroxylation is 2. The van der Waals surface area contributed by atoms with Gasteiger partial charge in [-0.3, -0.25) is 0 Å². The molecule has 0 aliphatic heterocycles. The van der Waals surface area contributed by atoms with E-state index in [1.54, 1.807) is 0 Å². The van der Waals surface area contributed by atoms with Crippen LogP contribution < -0.4 is 10.1 Å². The number of hydrogen-bond acceptors (Lipinski definition) is 2. The van der Waals surface area contributed by atoms with E-state index in [1.807, 2.05) is 0 Å². The van der Waals surface area contributed by atoms with Gasteiger partial charge < -0.3 is 10.1 Å². The highest BCUT2D eigenvalue weighted by atomic mass is 16.5. The van der Waals surface area contributed by atoms with Gasteiger partial charge in [-0.25, -0.2) is 0 Å². The van der Waals surface area contributed by atoms with Gasteiger partial charge in [-0.2, -0.15) is 0 Å². The maximum atomic E-state index is 5.79. The molecule has 0 amide bonds. The molecule has 2 nitrogen and oxygen atoms in total. The maximum absolute atomic E-state index is 5.79. The lowest BCUT2D eigenvalue weighted by Crippen LogP contribution is -2.33. The van der Waals surface area contributed by atoms with E-state index in [2.05, 4.69) is 58.1 Å². The molecule has 96 valence electrons. The zero-order valence-corrected chi connectivity index (χ0v) is 11.7. The van der Waals surface area contributed by atoms with Gasteiger partial charge in [-0.1, -0.05) is 26.0 Å². The van der Waals surface area contributed by atoms with Crippen molar-refractivity contribution in [2.45, 2.75) is 40.7 Å². The average Bonchev–Trinajstić information content (AvgIpc) is 2.28. The third kappa shape index (κ3) is 4.78. The van der Waals surface area contributed by atoms with E-state index in [4.69, 9.17) is 4.74 Å². The smallest absolute Gasteiger partial charge is 0.122 e. The number of benzene rings is 1. The minimum Gasteiger partial charge on any atom is -0.492 e. The molecule has 1 N–H and O–H groups in total. The van der Waals surface area contributed by atoms with Crippen LogP contribution in [-0.4, -0.2) is 19.2 Å². The van der Waals surface area contributed by atoms with Crippen LogP contribution in [0, 0.1) is 19.8 Å². The van der Waals surface area contributed by atoms with Gasteiger partial charge in [-0.05, 0) is 43.9 Å². The fourth-order valence-electron chi connectivity index (χ4n) is 1.55. The summed E-state index contributed by atoms with van der Waals surface area (Å²) in [5.41, 5.74) is 2.45. The Morgan fingerprint density at radius 2 is 1.88 bits per heavy atom. The van der Waals surface area contributed by atoms with E-state index in [1.165, 1.54) is 11.1 Å². The van der Waals surface area contributed by atoms with E-state index in [0.717, 1.165) is 18.9 Å². The maximum Gasteiger partial charge on any atom is 0.122 e. The molecule has 0 fully saturated rings. The normalized spacial score (nSPS) is 12.8. The Balaban J connectivity index is 2.33. The molecular weight excluding hydrogens is 210 g/mol. The van der Waals surface area contributed by atoms with Crippen molar-refractivity contribution in [2.75, 3.05) is 13.2 Å². The molecule has 0 aliphatic rings. The fraction of sp³-hybridized carbons (Fsp3) is 0.600. The van der Waals surface area contributed by atoms with Crippen molar-refractivity contribution in [1.29, 1.82) is 0 Å². The summed E-state index contributed by atoms with van der Waals surface area (Å²) in [6.45, 7) is 12.5. The molecule has 1 atom stereocenters. The average molecular weight is 235 g/mol. The van der Waals surface area contributed by atoms with Crippen molar-refractivity contribution in [3.63, 3.8) is 0 Å². The van der Waals surface area contributed by atoms with Gasteiger partial charge in [0.15, 0.2) is 0 Å². The number of hydrogen-bond donors (Lipinski definition) is 1. The van der Waals surface area contributed by atoms with Crippen molar-refractivity contribution in [3.8, 4) is 5.75 Å². The second-order valence-electron chi connectivity index (χ2n) is 5.10. The summed E-state index contributed by atoms with van der Waals surface area (Å²) < 4.78 is 5.79. The Morgan fingerprint density at radius 3 is 2.53 bits per heavy atom. The lowest BCUT2D eigenvalue weighted by atomic mass is 10.1. The first kappa shape index (κ1) is 14.0. The summed E-state index contributed by atoms with van der Waals surface area (Å²) in [7, 11) is 0. The first-order valence-corrected chi connectivity index (χ1v) is 6.44. The Morgan fingerprint density at radius 1 is 1.18 bits per heavy atom. The zero-order valence-electron chi connectivity index (χ0n) is 11.7. The summed E-state index contributed by atoms with van der Waals surface area (Å²) in [5.74, 6) is 1.67. The van der Waals surface area contributed by atoms with E-state index >= 15 is 0 Å². The molecule has 0 spiro atoms. The van der Waals surface area contributed by atoms with Crippen molar-refractivity contribution in [3.05, 3.63) is 29.3 Å². The van der Waals surface area contributed by atoms with Gasteiger partial charge in [-0.15, -0.1) is 0 Å². The molecule has 0 aromatic heterocycles. The highest BCUT2D eigenvalue weighted by Gasteiger charge is 2.05. The van der Waals surface area contributed by atoms with E-state index in [0.29, 0.717) is 12.0 Å². The summed E-state index contributed by atoms with van der Waals surface area (Å²) in [4.78, 5) is 0. The minimum atomic E-state index is 0.539. The highest BCUT2D eigenvalue weighted by Crippen LogP contribution is 2.18. The molecule has 1 rings (SSSR count). The van der Waals surface area contributed by atoms with Gasteiger partial charge in [0.1, 0.15) is 12.4 Å². The van der Waals surface area contributed by atoms with Crippen molar-refractivity contribution in [2.24, 2.45) is 5.92 Å². The molecule has 1 aromatic rings. The Kier molecular flexibility index (Phi) is 5.49. The number of nitrogens with one attached hydrogen (secondary N) is 1. The standard InChI is InChI=1S/C15H25NO/c1-11(2)14(5)16-8-9-17-15-10-12(3)6-7-13(15)4/h6-7,10-11,14,16H,8-9H2,1-5H3. The quantitative estimate of drug-likeness (QED) is 0.764. The number of rotatable bonds is 6.